The third kappa shape index (κ3) is 5.14. The molecule has 6 heterocycles. The third-order valence-corrected chi connectivity index (χ3v) is 15.6. The van der Waals surface area contributed by atoms with Crippen molar-refractivity contribution in [1.29, 1.82) is 10.5 Å². The second-order valence-corrected chi connectivity index (χ2v) is 19.3. The lowest BCUT2D eigenvalue weighted by Gasteiger charge is -2.26. The fraction of sp³-hybridized carbons (Fsp3) is 0. The topological polar surface area (TPSA) is 102 Å². The molecule has 6 aromatic heterocycles. The zero-order valence-corrected chi connectivity index (χ0v) is 39.8. The van der Waals surface area contributed by atoms with E-state index in [0.29, 0.717) is 72.3 Å². The first-order valence-corrected chi connectivity index (χ1v) is 24.9. The van der Waals surface area contributed by atoms with Crippen molar-refractivity contribution in [1.82, 2.24) is 13.7 Å². The number of rotatable bonds is 4. The second kappa shape index (κ2) is 14.9. The minimum Gasteiger partial charge on any atom is -0.455 e. The monoisotopic (exact) mass is 974 g/mol. The third-order valence-electron chi connectivity index (χ3n) is 15.6. The van der Waals surface area contributed by atoms with Crippen LogP contribution in [0.3, 0.4) is 0 Å². The van der Waals surface area contributed by atoms with E-state index in [9.17, 15) is 16.0 Å². The minimum atomic E-state index is -0.602. The highest BCUT2D eigenvalue weighted by atomic mass is 16.3. The molecule has 17 aromatic rings. The van der Waals surface area contributed by atoms with Crippen molar-refractivity contribution < 1.29 is 20.1 Å². The summed E-state index contributed by atoms with van der Waals surface area (Å²) in [6, 6.07) is 61.6. The maximum atomic E-state index is 12.7. The van der Waals surface area contributed by atoms with Crippen LogP contribution in [-0.2, 0) is 0 Å². The summed E-state index contributed by atoms with van der Waals surface area (Å²) in [5, 5.41) is 35.3. The fourth-order valence-corrected chi connectivity index (χ4v) is 12.6. The average Bonchev–Trinajstić information content (AvgIpc) is 4.34. The molecular formula is C68H35N5O3. The molecule has 17 rings (SSSR count). The Bertz CT molecular complexity index is 5810. The molecule has 0 bridgehead atoms. The number of hydrogen-bond donors (Lipinski definition) is 0. The summed E-state index contributed by atoms with van der Waals surface area (Å²) in [6.07, 6.45) is 0. The number of para-hydroxylation sites is 6. The highest BCUT2D eigenvalue weighted by Crippen LogP contribution is 2.51. The summed E-state index contributed by atoms with van der Waals surface area (Å²) < 4.78 is 73.4. The molecule has 0 aliphatic heterocycles. The van der Waals surface area contributed by atoms with Crippen LogP contribution in [0.15, 0.2) is 225 Å². The average molecular weight is 975 g/mol. The lowest BCUT2D eigenvalue weighted by Crippen LogP contribution is -2.14. The van der Waals surface area contributed by atoms with Gasteiger partial charge < -0.3 is 27.0 Å². The van der Waals surface area contributed by atoms with Crippen LogP contribution >= 0.6 is 0 Å². The smallest absolute Gasteiger partial charge is 0.145 e. The van der Waals surface area contributed by atoms with Gasteiger partial charge in [-0.15, -0.1) is 0 Å². The number of benzene rings is 11. The highest BCUT2D eigenvalue weighted by molar-refractivity contribution is 6.27. The van der Waals surface area contributed by atoms with Crippen molar-refractivity contribution in [2.75, 3.05) is 0 Å². The SMILES string of the molecule is [2H]c1c([2H])c([2H])c(-c2c(C#N)c(-n3c4ccccc4c4c5oc6ccccc6c5ccc43)c(-n3c4ccccc4c4c5oc6ccccc6c5ccc43)c(C#N)c2-n2c3ccccc3c3c4oc5ccccc5c4ccc32)c([2H])c1[2H]. The fourth-order valence-electron chi connectivity index (χ4n) is 12.6. The highest BCUT2D eigenvalue weighted by Gasteiger charge is 2.34. The first-order chi connectivity index (χ1) is 39.7. The summed E-state index contributed by atoms with van der Waals surface area (Å²) >= 11 is 0. The molecule has 0 saturated heterocycles. The van der Waals surface area contributed by atoms with E-state index in [-0.39, 0.29) is 33.6 Å². The molecule has 76 heavy (non-hydrogen) atoms. The zero-order valence-electron chi connectivity index (χ0n) is 44.8. The van der Waals surface area contributed by atoms with E-state index < -0.39 is 30.2 Å². The van der Waals surface area contributed by atoms with Gasteiger partial charge in [-0.2, -0.15) is 10.5 Å². The van der Waals surface area contributed by atoms with E-state index in [0.717, 1.165) is 64.6 Å². The van der Waals surface area contributed by atoms with Gasteiger partial charge in [0.25, 0.3) is 0 Å². The largest absolute Gasteiger partial charge is 0.455 e. The number of hydrogen-bond acceptors (Lipinski definition) is 5. The normalized spacial score (nSPS) is 13.1. The summed E-state index contributed by atoms with van der Waals surface area (Å²) in [7, 11) is 0. The Balaban J connectivity index is 1.17. The molecule has 0 N–H and O–H groups in total. The molecule has 0 fully saturated rings. The molecule has 0 atom stereocenters. The number of furan rings is 3. The molecule has 0 unspecified atom stereocenters. The Morgan fingerprint density at radius 1 is 0.329 bits per heavy atom. The van der Waals surface area contributed by atoms with Gasteiger partial charge in [-0.25, -0.2) is 0 Å². The lowest BCUT2D eigenvalue weighted by molar-refractivity contribution is 0.672. The van der Waals surface area contributed by atoms with E-state index in [1.165, 1.54) is 0 Å². The maximum absolute atomic E-state index is 12.7. The molecule has 8 heteroatoms. The number of aromatic nitrogens is 3. The standard InChI is InChI=1S/C68H35N5O3/c69-36-48-59(38-16-2-1-3-17-38)63(71-50-24-10-4-21-45(50)60-53(71)33-30-42-39-18-7-13-27-56(39)74-66(42)60)49(37-70)65(73-52-26-12-6-23-47(52)62-55(73)35-32-44-41-20-9-15-29-58(41)76-68(44)62)64(48)72-51-25-11-5-22-46(51)61-54(72)34-31-43-40-19-8-14-28-57(40)75-67(43)61/h1-35H/i1D,2D,3D,16D,17D. The van der Waals surface area contributed by atoms with Crippen LogP contribution in [0.5, 0.6) is 0 Å². The number of fused-ring (bicyclic) bond motifs is 21. The molecule has 0 radical (unpaired) electrons. The molecule has 0 saturated carbocycles. The van der Waals surface area contributed by atoms with Gasteiger partial charge in [0.15, 0.2) is 0 Å². The van der Waals surface area contributed by atoms with Crippen LogP contribution < -0.4 is 0 Å². The van der Waals surface area contributed by atoms with Gasteiger partial charge in [0.05, 0.1) is 78.7 Å². The van der Waals surface area contributed by atoms with Gasteiger partial charge in [0.2, 0.25) is 0 Å². The Morgan fingerprint density at radius 3 is 1.07 bits per heavy atom. The van der Waals surface area contributed by atoms with Crippen molar-refractivity contribution in [2.24, 2.45) is 0 Å². The Hall–Kier alpha value is -10.8. The van der Waals surface area contributed by atoms with Gasteiger partial charge in [-0.05, 0) is 78.4 Å². The summed E-state index contributed by atoms with van der Waals surface area (Å²) in [5.41, 5.74) is 8.16. The van der Waals surface area contributed by atoms with Crippen LogP contribution in [0, 0.1) is 22.7 Å². The summed E-state index contributed by atoms with van der Waals surface area (Å²) in [6.45, 7) is 0. The number of nitriles is 2. The van der Waals surface area contributed by atoms with E-state index in [4.69, 9.17) is 14.6 Å². The molecule has 0 aliphatic rings. The zero-order chi connectivity index (χ0) is 54.3. The van der Waals surface area contributed by atoms with Crippen molar-refractivity contribution >= 4 is 131 Å². The number of nitrogens with zero attached hydrogens (tertiary/aromatic N) is 5. The molecule has 8 nitrogen and oxygen atoms in total. The quantitative estimate of drug-likeness (QED) is 0.175. The van der Waals surface area contributed by atoms with Crippen LogP contribution in [-0.4, -0.2) is 13.7 Å². The van der Waals surface area contributed by atoms with Crippen molar-refractivity contribution in [3.63, 3.8) is 0 Å². The molecule has 0 aliphatic carbocycles. The van der Waals surface area contributed by atoms with Gasteiger partial charge in [0.1, 0.15) is 51.2 Å². The lowest BCUT2D eigenvalue weighted by atomic mass is 9.91. The van der Waals surface area contributed by atoms with E-state index in [1.807, 2.05) is 196 Å². The van der Waals surface area contributed by atoms with Crippen LogP contribution in [0.1, 0.15) is 18.0 Å². The van der Waals surface area contributed by atoms with Crippen molar-refractivity contribution in [3.8, 4) is 40.3 Å². The van der Waals surface area contributed by atoms with E-state index >= 15 is 0 Å². The van der Waals surface area contributed by atoms with E-state index in [1.54, 1.807) is 0 Å². The minimum absolute atomic E-state index is 0.0339. The molecule has 0 spiro atoms. The van der Waals surface area contributed by atoms with Gasteiger partial charge in [0, 0.05) is 54.0 Å². The molecule has 0 amide bonds. The van der Waals surface area contributed by atoms with Gasteiger partial charge >= 0.3 is 0 Å². The first kappa shape index (κ1) is 36.2. The molecular weight excluding hydrogens is 935 g/mol. The predicted molar refractivity (Wildman–Crippen MR) is 306 cm³/mol. The van der Waals surface area contributed by atoms with Crippen molar-refractivity contribution in [2.45, 2.75) is 0 Å². The van der Waals surface area contributed by atoms with Gasteiger partial charge in [-0.1, -0.05) is 139 Å². The van der Waals surface area contributed by atoms with Gasteiger partial charge in [-0.3, -0.25) is 0 Å². The van der Waals surface area contributed by atoms with Crippen LogP contribution in [0.2, 0.25) is 0 Å². The summed E-state index contributed by atoms with van der Waals surface area (Å²) in [4.78, 5) is 0. The summed E-state index contributed by atoms with van der Waals surface area (Å²) in [5.74, 6) is 0. The molecule has 11 aromatic carbocycles. The van der Waals surface area contributed by atoms with Crippen LogP contribution in [0.4, 0.5) is 0 Å². The van der Waals surface area contributed by atoms with Crippen molar-refractivity contribution in [3.05, 3.63) is 223 Å². The first-order valence-electron chi connectivity index (χ1n) is 27.4. The predicted octanol–water partition coefficient (Wildman–Crippen LogP) is 18.1. The van der Waals surface area contributed by atoms with E-state index in [2.05, 4.69) is 12.1 Å². The Labute approximate surface area is 437 Å². The Morgan fingerprint density at radius 2 is 0.671 bits per heavy atom. The second-order valence-electron chi connectivity index (χ2n) is 19.3. The Kier molecular flexibility index (Phi) is 7.09. The molecule has 350 valence electrons. The maximum Gasteiger partial charge on any atom is 0.145 e. The van der Waals surface area contributed by atoms with Crippen LogP contribution in [0.25, 0.3) is 159 Å².